The summed E-state index contributed by atoms with van der Waals surface area (Å²) in [6.45, 7) is 7.11. The largest absolute Gasteiger partial charge is 0.497 e. The zero-order valence-electron chi connectivity index (χ0n) is 15.3. The van der Waals surface area contributed by atoms with Crippen molar-refractivity contribution in [3.63, 3.8) is 0 Å². The van der Waals surface area contributed by atoms with Crippen LogP contribution >= 0.6 is 0 Å². The molecule has 0 radical (unpaired) electrons. The molecule has 1 atom stereocenters. The van der Waals surface area contributed by atoms with Gasteiger partial charge in [0.1, 0.15) is 17.6 Å². The van der Waals surface area contributed by atoms with E-state index in [4.69, 9.17) is 9.47 Å². The fourth-order valence-corrected chi connectivity index (χ4v) is 2.95. The number of ether oxygens (including phenoxy) is 2. The van der Waals surface area contributed by atoms with Crippen LogP contribution in [0.15, 0.2) is 42.5 Å². The van der Waals surface area contributed by atoms with Crippen LogP contribution in [0.3, 0.4) is 0 Å². The number of methoxy groups -OCH3 is 1. The molecule has 1 amide bonds. The number of rotatable bonds is 4. The number of hydrogen-bond donors (Lipinski definition) is 1. The molecule has 1 aliphatic heterocycles. The first-order valence-corrected chi connectivity index (χ1v) is 8.59. The standard InChI is InChI=1S/C21H25NO3/c1-21(2,3)16-7-10-19-15(11-16)12-18(25-19)13-22-20(23)14-5-8-17(24-4)9-6-14/h5-11,18H,12-13H2,1-4H3,(H,22,23). The Morgan fingerprint density at radius 2 is 1.92 bits per heavy atom. The lowest BCUT2D eigenvalue weighted by Gasteiger charge is -2.19. The van der Waals surface area contributed by atoms with E-state index in [-0.39, 0.29) is 17.4 Å². The quantitative estimate of drug-likeness (QED) is 0.923. The van der Waals surface area contributed by atoms with Gasteiger partial charge in [-0.25, -0.2) is 0 Å². The number of hydrogen-bond acceptors (Lipinski definition) is 3. The van der Waals surface area contributed by atoms with Crippen molar-refractivity contribution >= 4 is 5.91 Å². The molecule has 0 aromatic heterocycles. The van der Waals surface area contributed by atoms with E-state index in [9.17, 15) is 4.79 Å². The molecule has 0 aliphatic carbocycles. The van der Waals surface area contributed by atoms with Crippen LogP contribution in [0.2, 0.25) is 0 Å². The second kappa shape index (κ2) is 6.79. The van der Waals surface area contributed by atoms with Gasteiger partial charge in [-0.1, -0.05) is 32.9 Å². The summed E-state index contributed by atoms with van der Waals surface area (Å²) in [5, 5.41) is 2.95. The molecule has 2 aromatic rings. The smallest absolute Gasteiger partial charge is 0.251 e. The minimum Gasteiger partial charge on any atom is -0.497 e. The predicted molar refractivity (Wildman–Crippen MR) is 98.6 cm³/mol. The van der Waals surface area contributed by atoms with E-state index < -0.39 is 0 Å². The highest BCUT2D eigenvalue weighted by Crippen LogP contribution is 2.33. The predicted octanol–water partition coefficient (Wildman–Crippen LogP) is 3.73. The highest BCUT2D eigenvalue weighted by atomic mass is 16.5. The lowest BCUT2D eigenvalue weighted by molar-refractivity contribution is 0.0933. The van der Waals surface area contributed by atoms with Gasteiger partial charge in [-0.3, -0.25) is 4.79 Å². The fraction of sp³-hybridized carbons (Fsp3) is 0.381. The molecular formula is C21H25NO3. The van der Waals surface area contributed by atoms with E-state index in [2.05, 4.69) is 38.2 Å². The zero-order chi connectivity index (χ0) is 18.0. The molecule has 4 nitrogen and oxygen atoms in total. The maximum Gasteiger partial charge on any atom is 0.251 e. The Labute approximate surface area is 149 Å². The Kier molecular flexibility index (Phi) is 4.71. The van der Waals surface area contributed by atoms with Crippen molar-refractivity contribution < 1.29 is 14.3 Å². The summed E-state index contributed by atoms with van der Waals surface area (Å²) in [6, 6.07) is 13.5. The van der Waals surface area contributed by atoms with E-state index in [0.29, 0.717) is 12.1 Å². The summed E-state index contributed by atoms with van der Waals surface area (Å²) in [5.74, 6) is 1.56. The summed E-state index contributed by atoms with van der Waals surface area (Å²) in [5.41, 5.74) is 3.26. The summed E-state index contributed by atoms with van der Waals surface area (Å²) in [7, 11) is 1.61. The topological polar surface area (TPSA) is 47.6 Å². The van der Waals surface area contributed by atoms with Crippen LogP contribution < -0.4 is 14.8 Å². The molecule has 1 N–H and O–H groups in total. The maximum absolute atomic E-state index is 12.3. The van der Waals surface area contributed by atoms with Crippen LogP contribution in [0, 0.1) is 0 Å². The van der Waals surface area contributed by atoms with Gasteiger partial charge in [-0.15, -0.1) is 0 Å². The van der Waals surface area contributed by atoms with Gasteiger partial charge in [-0.05, 0) is 46.9 Å². The van der Waals surface area contributed by atoms with E-state index in [1.807, 2.05) is 6.07 Å². The number of fused-ring (bicyclic) bond motifs is 1. The average Bonchev–Trinajstić information content (AvgIpc) is 3.01. The van der Waals surface area contributed by atoms with Gasteiger partial charge in [0.2, 0.25) is 0 Å². The maximum atomic E-state index is 12.3. The second-order valence-corrected chi connectivity index (χ2v) is 7.46. The third kappa shape index (κ3) is 3.95. The van der Waals surface area contributed by atoms with Crippen LogP contribution in [0.4, 0.5) is 0 Å². The minimum absolute atomic E-state index is 0.0209. The molecule has 0 saturated heterocycles. The van der Waals surface area contributed by atoms with Gasteiger partial charge < -0.3 is 14.8 Å². The molecule has 1 unspecified atom stereocenters. The van der Waals surface area contributed by atoms with Crippen molar-refractivity contribution in [1.82, 2.24) is 5.32 Å². The minimum atomic E-state index is -0.0995. The molecule has 0 fully saturated rings. The van der Waals surface area contributed by atoms with Gasteiger partial charge in [-0.2, -0.15) is 0 Å². The summed E-state index contributed by atoms with van der Waals surface area (Å²) >= 11 is 0. The monoisotopic (exact) mass is 339 g/mol. The summed E-state index contributed by atoms with van der Waals surface area (Å²) < 4.78 is 11.1. The van der Waals surface area contributed by atoms with E-state index >= 15 is 0 Å². The molecule has 25 heavy (non-hydrogen) atoms. The Hall–Kier alpha value is -2.49. The second-order valence-electron chi connectivity index (χ2n) is 7.46. The first kappa shape index (κ1) is 17.3. The third-order valence-electron chi connectivity index (χ3n) is 4.51. The van der Waals surface area contributed by atoms with Crippen molar-refractivity contribution in [3.05, 3.63) is 59.2 Å². The van der Waals surface area contributed by atoms with E-state index in [1.54, 1.807) is 31.4 Å². The Balaban J connectivity index is 1.58. The highest BCUT2D eigenvalue weighted by molar-refractivity contribution is 5.94. The summed E-state index contributed by atoms with van der Waals surface area (Å²) in [4.78, 5) is 12.3. The van der Waals surface area contributed by atoms with Crippen molar-refractivity contribution in [2.45, 2.75) is 38.7 Å². The van der Waals surface area contributed by atoms with E-state index in [1.165, 1.54) is 11.1 Å². The molecule has 132 valence electrons. The van der Waals surface area contributed by atoms with Gasteiger partial charge in [0, 0.05) is 12.0 Å². The average molecular weight is 339 g/mol. The number of carbonyl (C=O) groups excluding carboxylic acids is 1. The van der Waals surface area contributed by atoms with Crippen LogP contribution in [0.25, 0.3) is 0 Å². The molecule has 0 spiro atoms. The van der Waals surface area contributed by atoms with Crippen LogP contribution in [0.5, 0.6) is 11.5 Å². The van der Waals surface area contributed by atoms with Gasteiger partial charge in [0.15, 0.2) is 0 Å². The lowest BCUT2D eigenvalue weighted by Crippen LogP contribution is -2.34. The SMILES string of the molecule is COc1ccc(C(=O)NCC2Cc3cc(C(C)(C)C)ccc3O2)cc1. The summed E-state index contributed by atoms with van der Waals surface area (Å²) in [6.07, 6.45) is 0.801. The van der Waals surface area contributed by atoms with Crippen molar-refractivity contribution in [2.75, 3.05) is 13.7 Å². The third-order valence-corrected chi connectivity index (χ3v) is 4.51. The molecule has 0 bridgehead atoms. The Morgan fingerprint density at radius 1 is 1.20 bits per heavy atom. The molecule has 3 rings (SSSR count). The molecule has 0 saturated carbocycles. The Bertz CT molecular complexity index is 760. The first-order chi connectivity index (χ1) is 11.9. The molecular weight excluding hydrogens is 314 g/mol. The van der Waals surface area contributed by atoms with Gasteiger partial charge in [0.05, 0.1) is 13.7 Å². The number of benzene rings is 2. The number of nitrogens with one attached hydrogen (secondary N) is 1. The van der Waals surface area contributed by atoms with Crippen LogP contribution in [0.1, 0.15) is 42.3 Å². The van der Waals surface area contributed by atoms with Crippen molar-refractivity contribution in [1.29, 1.82) is 0 Å². The normalized spacial score (nSPS) is 16.1. The number of carbonyl (C=O) groups is 1. The lowest BCUT2D eigenvalue weighted by atomic mass is 9.86. The van der Waals surface area contributed by atoms with Crippen molar-refractivity contribution in [3.8, 4) is 11.5 Å². The van der Waals surface area contributed by atoms with E-state index in [0.717, 1.165) is 17.9 Å². The Morgan fingerprint density at radius 3 is 2.56 bits per heavy atom. The first-order valence-electron chi connectivity index (χ1n) is 8.59. The van der Waals surface area contributed by atoms with Crippen molar-refractivity contribution in [2.24, 2.45) is 0 Å². The fourth-order valence-electron chi connectivity index (χ4n) is 2.95. The van der Waals surface area contributed by atoms with Crippen LogP contribution in [-0.4, -0.2) is 25.7 Å². The van der Waals surface area contributed by atoms with Gasteiger partial charge >= 0.3 is 0 Å². The molecule has 1 aliphatic rings. The molecule has 4 heteroatoms. The molecule has 1 heterocycles. The number of amides is 1. The zero-order valence-corrected chi connectivity index (χ0v) is 15.3. The molecule has 2 aromatic carbocycles. The van der Waals surface area contributed by atoms with Gasteiger partial charge in [0.25, 0.3) is 5.91 Å². The highest BCUT2D eigenvalue weighted by Gasteiger charge is 2.25. The van der Waals surface area contributed by atoms with Crippen LogP contribution in [-0.2, 0) is 11.8 Å².